The Morgan fingerprint density at radius 2 is 1.64 bits per heavy atom. The Bertz CT molecular complexity index is 614. The van der Waals surface area contributed by atoms with Crippen molar-refractivity contribution >= 4 is 21.6 Å². The number of benzene rings is 1. The van der Waals surface area contributed by atoms with Crippen LogP contribution in [0.2, 0.25) is 0 Å². The Morgan fingerprint density at radius 1 is 1.14 bits per heavy atom. The van der Waals surface area contributed by atoms with Gasteiger partial charge in [0.15, 0.2) is 0 Å². The van der Waals surface area contributed by atoms with Crippen LogP contribution in [0.3, 0.4) is 0 Å². The summed E-state index contributed by atoms with van der Waals surface area (Å²) in [5.74, 6) is -0.632. The second-order valence-corrected chi connectivity index (χ2v) is 7.61. The number of nitrogens with one attached hydrogen (secondary N) is 1. The fraction of sp³-hybridized carbons (Fsp3) is 0.533. The molecule has 1 amide bonds. The lowest BCUT2D eigenvalue weighted by molar-refractivity contribution is -0.122. The predicted octanol–water partition coefficient (Wildman–Crippen LogP) is 2.14. The Morgan fingerprint density at radius 3 is 2.05 bits per heavy atom. The summed E-state index contributed by atoms with van der Waals surface area (Å²) >= 11 is 0. The number of hydrogen-bond acceptors (Lipinski definition) is 3. The van der Waals surface area contributed by atoms with E-state index >= 15 is 0 Å². The molecule has 0 radical (unpaired) electrons. The molecule has 1 N–H and O–H groups in total. The third-order valence-corrected chi connectivity index (χ3v) is 4.78. The molecule has 0 spiro atoms. The van der Waals surface area contributed by atoms with Gasteiger partial charge < -0.3 is 5.32 Å². The first-order valence-corrected chi connectivity index (χ1v) is 8.94. The monoisotopic (exact) mass is 330 g/mol. The summed E-state index contributed by atoms with van der Waals surface area (Å²) in [4.78, 5) is 12.3. The molecule has 0 bridgehead atoms. The van der Waals surface area contributed by atoms with Gasteiger partial charge in [0.1, 0.15) is 11.9 Å². The van der Waals surface area contributed by atoms with Crippen LogP contribution in [0.25, 0.3) is 0 Å². The topological polar surface area (TPSA) is 66.5 Å². The van der Waals surface area contributed by atoms with Crippen molar-refractivity contribution in [2.24, 2.45) is 5.92 Å². The van der Waals surface area contributed by atoms with Gasteiger partial charge in [0.25, 0.3) is 0 Å². The predicted molar refractivity (Wildman–Crippen MR) is 85.6 cm³/mol. The molecule has 7 heteroatoms. The summed E-state index contributed by atoms with van der Waals surface area (Å²) in [5, 5.41) is 2.79. The van der Waals surface area contributed by atoms with Gasteiger partial charge in [0.05, 0.1) is 11.9 Å². The van der Waals surface area contributed by atoms with E-state index in [0.29, 0.717) is 0 Å². The fourth-order valence-electron chi connectivity index (χ4n) is 1.91. The molecule has 1 aromatic rings. The van der Waals surface area contributed by atoms with E-state index in [1.165, 1.54) is 19.1 Å². The number of carbonyl (C=O) groups excluding carboxylic acids is 1. The number of carbonyl (C=O) groups is 1. The summed E-state index contributed by atoms with van der Waals surface area (Å²) in [5.41, 5.74) is 0.253. The van der Waals surface area contributed by atoms with Crippen molar-refractivity contribution in [2.45, 2.75) is 39.8 Å². The van der Waals surface area contributed by atoms with Gasteiger partial charge in [-0.3, -0.25) is 9.10 Å². The fourth-order valence-corrected chi connectivity index (χ4v) is 3.08. The zero-order chi connectivity index (χ0) is 17.1. The third kappa shape index (κ3) is 4.69. The number of anilines is 1. The first-order chi connectivity index (χ1) is 10.0. The van der Waals surface area contributed by atoms with Gasteiger partial charge >= 0.3 is 0 Å². The first-order valence-electron chi connectivity index (χ1n) is 7.09. The minimum atomic E-state index is -3.68. The number of amides is 1. The van der Waals surface area contributed by atoms with Crippen molar-refractivity contribution < 1.29 is 17.6 Å². The summed E-state index contributed by atoms with van der Waals surface area (Å²) in [6.45, 7) is 7.29. The quantitative estimate of drug-likeness (QED) is 0.869. The maximum absolute atomic E-state index is 13.0. The van der Waals surface area contributed by atoms with E-state index < -0.39 is 27.8 Å². The number of hydrogen-bond donors (Lipinski definition) is 1. The molecule has 0 fully saturated rings. The number of rotatable bonds is 6. The molecule has 0 aliphatic rings. The minimum absolute atomic E-state index is 0.0791. The SMILES string of the molecule is CC(C)C(C)NC(=O)C(C)N(c1ccc(F)cc1)S(C)(=O)=O. The molecule has 1 rings (SSSR count). The van der Waals surface area contributed by atoms with Crippen molar-refractivity contribution in [3.8, 4) is 0 Å². The van der Waals surface area contributed by atoms with Crippen LogP contribution < -0.4 is 9.62 Å². The van der Waals surface area contributed by atoms with Crippen molar-refractivity contribution in [1.82, 2.24) is 5.32 Å². The van der Waals surface area contributed by atoms with E-state index in [9.17, 15) is 17.6 Å². The third-order valence-electron chi connectivity index (χ3n) is 3.54. The van der Waals surface area contributed by atoms with E-state index in [-0.39, 0.29) is 17.6 Å². The van der Waals surface area contributed by atoms with Gasteiger partial charge in [-0.25, -0.2) is 12.8 Å². The Kier molecular flexibility index (Phi) is 5.93. The van der Waals surface area contributed by atoms with Gasteiger partial charge in [-0.15, -0.1) is 0 Å². The highest BCUT2D eigenvalue weighted by atomic mass is 32.2. The molecular formula is C15H23FN2O3S. The highest BCUT2D eigenvalue weighted by Gasteiger charge is 2.29. The largest absolute Gasteiger partial charge is 0.352 e. The highest BCUT2D eigenvalue weighted by Crippen LogP contribution is 2.21. The van der Waals surface area contributed by atoms with Crippen LogP contribution in [0, 0.1) is 11.7 Å². The maximum atomic E-state index is 13.0. The van der Waals surface area contributed by atoms with Crippen LogP contribution in [-0.2, 0) is 14.8 Å². The van der Waals surface area contributed by atoms with Crippen molar-refractivity contribution in [3.05, 3.63) is 30.1 Å². The zero-order valence-electron chi connectivity index (χ0n) is 13.5. The smallest absolute Gasteiger partial charge is 0.243 e. The van der Waals surface area contributed by atoms with Gasteiger partial charge in [-0.2, -0.15) is 0 Å². The van der Waals surface area contributed by atoms with Gasteiger partial charge in [-0.05, 0) is 44.0 Å². The maximum Gasteiger partial charge on any atom is 0.243 e. The van der Waals surface area contributed by atoms with Crippen molar-refractivity contribution in [2.75, 3.05) is 10.6 Å². The van der Waals surface area contributed by atoms with Crippen LogP contribution in [0.5, 0.6) is 0 Å². The highest BCUT2D eigenvalue weighted by molar-refractivity contribution is 7.92. The van der Waals surface area contributed by atoms with E-state index in [4.69, 9.17) is 0 Å². The van der Waals surface area contributed by atoms with Crippen LogP contribution in [0.1, 0.15) is 27.7 Å². The Balaban J connectivity index is 3.08. The van der Waals surface area contributed by atoms with Crippen LogP contribution >= 0.6 is 0 Å². The molecule has 0 aliphatic carbocycles. The minimum Gasteiger partial charge on any atom is -0.352 e. The first kappa shape index (κ1) is 18.4. The van der Waals surface area contributed by atoms with Crippen LogP contribution in [0.15, 0.2) is 24.3 Å². The molecule has 0 heterocycles. The van der Waals surface area contributed by atoms with Gasteiger partial charge in [-0.1, -0.05) is 13.8 Å². The average Bonchev–Trinajstić information content (AvgIpc) is 2.39. The summed E-state index contributed by atoms with van der Waals surface area (Å²) in [7, 11) is -3.68. The number of halogens is 1. The van der Waals surface area contributed by atoms with E-state index in [1.807, 2.05) is 20.8 Å². The van der Waals surface area contributed by atoms with E-state index in [1.54, 1.807) is 0 Å². The van der Waals surface area contributed by atoms with Gasteiger partial charge in [0, 0.05) is 6.04 Å². The summed E-state index contributed by atoms with van der Waals surface area (Å²) < 4.78 is 38.1. The van der Waals surface area contributed by atoms with Crippen molar-refractivity contribution in [1.29, 1.82) is 0 Å². The molecule has 0 aliphatic heterocycles. The van der Waals surface area contributed by atoms with E-state index in [2.05, 4.69) is 5.32 Å². The number of sulfonamides is 1. The van der Waals surface area contributed by atoms with E-state index in [0.717, 1.165) is 22.7 Å². The summed E-state index contributed by atoms with van der Waals surface area (Å²) in [6, 6.07) is 3.99. The molecular weight excluding hydrogens is 307 g/mol. The molecule has 2 atom stereocenters. The normalized spacial score (nSPS) is 14.5. The zero-order valence-corrected chi connectivity index (χ0v) is 14.3. The lowest BCUT2D eigenvalue weighted by atomic mass is 10.1. The molecule has 0 saturated carbocycles. The number of nitrogens with zero attached hydrogens (tertiary/aromatic N) is 1. The molecule has 1 aromatic carbocycles. The molecule has 124 valence electrons. The Hall–Kier alpha value is -1.63. The lowest BCUT2D eigenvalue weighted by Crippen LogP contribution is -2.50. The molecule has 0 aromatic heterocycles. The second kappa shape index (κ2) is 7.09. The summed E-state index contributed by atoms with van der Waals surface area (Å²) in [6.07, 6.45) is 1.02. The lowest BCUT2D eigenvalue weighted by Gasteiger charge is -2.29. The standard InChI is InChI=1S/C15H23FN2O3S/c1-10(2)11(3)17-15(19)12(4)18(22(5,20)21)14-8-6-13(16)7-9-14/h6-12H,1-5H3,(H,17,19). The van der Waals surface area contributed by atoms with Crippen LogP contribution in [-0.4, -0.2) is 32.7 Å². The molecule has 5 nitrogen and oxygen atoms in total. The Labute approximate surface area is 131 Å². The molecule has 2 unspecified atom stereocenters. The van der Waals surface area contributed by atoms with Crippen molar-refractivity contribution in [3.63, 3.8) is 0 Å². The molecule has 0 saturated heterocycles. The van der Waals surface area contributed by atoms with Gasteiger partial charge in [0.2, 0.25) is 15.9 Å². The molecule has 22 heavy (non-hydrogen) atoms. The second-order valence-electron chi connectivity index (χ2n) is 5.75. The van der Waals surface area contributed by atoms with Crippen LogP contribution in [0.4, 0.5) is 10.1 Å². The average molecular weight is 330 g/mol.